The first-order valence-corrected chi connectivity index (χ1v) is 3.51. The second kappa shape index (κ2) is 3.14. The number of ether oxygens (including phenoxy) is 1. The van der Waals surface area contributed by atoms with Crippen LogP contribution in [0.25, 0.3) is 0 Å². The fourth-order valence-electron chi connectivity index (χ4n) is 0.896. The zero-order valence-corrected chi connectivity index (χ0v) is 6.50. The molecular formula is C8H12N2O. The summed E-state index contributed by atoms with van der Waals surface area (Å²) in [5.74, 6) is 0.727. The van der Waals surface area contributed by atoms with Crippen LogP contribution in [-0.4, -0.2) is 6.61 Å². The van der Waals surface area contributed by atoms with Gasteiger partial charge in [-0.15, -0.1) is 0 Å². The molecule has 1 aromatic rings. The van der Waals surface area contributed by atoms with Crippen LogP contribution in [0.5, 0.6) is 5.75 Å². The summed E-state index contributed by atoms with van der Waals surface area (Å²) >= 11 is 0. The Bertz CT molecular complexity index is 228. The summed E-state index contributed by atoms with van der Waals surface area (Å²) in [5.41, 5.74) is 12.3. The maximum absolute atomic E-state index is 5.53. The molecule has 0 aliphatic heterocycles. The first kappa shape index (κ1) is 7.72. The molecule has 0 spiro atoms. The zero-order chi connectivity index (χ0) is 8.27. The Labute approximate surface area is 66.0 Å². The largest absolute Gasteiger partial charge is 0.494 e. The quantitative estimate of drug-likeness (QED) is 0.627. The molecule has 0 amide bonds. The summed E-state index contributed by atoms with van der Waals surface area (Å²) in [7, 11) is 0. The van der Waals surface area contributed by atoms with Crippen LogP contribution in [0.2, 0.25) is 0 Å². The predicted octanol–water partition coefficient (Wildman–Crippen LogP) is 1.25. The van der Waals surface area contributed by atoms with Crippen LogP contribution in [0.4, 0.5) is 11.4 Å². The second-order valence-corrected chi connectivity index (χ2v) is 2.27. The van der Waals surface area contributed by atoms with Gasteiger partial charge in [-0.25, -0.2) is 0 Å². The standard InChI is InChI=1S/C8H12N2O/c1-2-11-8-4-6(9)3-7(10)5-8/h3-5H,2,9-10H2,1H3. The monoisotopic (exact) mass is 152 g/mol. The van der Waals surface area contributed by atoms with Gasteiger partial charge in [-0.2, -0.15) is 0 Å². The molecule has 4 N–H and O–H groups in total. The van der Waals surface area contributed by atoms with Crippen molar-refractivity contribution in [3.63, 3.8) is 0 Å². The minimum atomic E-state index is 0.628. The van der Waals surface area contributed by atoms with E-state index >= 15 is 0 Å². The summed E-state index contributed by atoms with van der Waals surface area (Å²) in [6.45, 7) is 2.54. The van der Waals surface area contributed by atoms with Crippen LogP contribution in [0.1, 0.15) is 6.92 Å². The Hall–Kier alpha value is -1.38. The Balaban J connectivity index is 2.89. The van der Waals surface area contributed by atoms with Crippen LogP contribution in [0.3, 0.4) is 0 Å². The van der Waals surface area contributed by atoms with Crippen LogP contribution >= 0.6 is 0 Å². The van der Waals surface area contributed by atoms with Gasteiger partial charge >= 0.3 is 0 Å². The van der Waals surface area contributed by atoms with Gasteiger partial charge in [0.25, 0.3) is 0 Å². The van der Waals surface area contributed by atoms with E-state index in [0.29, 0.717) is 18.0 Å². The van der Waals surface area contributed by atoms with Crippen molar-refractivity contribution in [3.05, 3.63) is 18.2 Å². The van der Waals surface area contributed by atoms with Crippen molar-refractivity contribution in [3.8, 4) is 5.75 Å². The van der Waals surface area contributed by atoms with E-state index in [0.717, 1.165) is 5.75 Å². The molecule has 0 aliphatic carbocycles. The summed E-state index contributed by atoms with van der Waals surface area (Å²) in [6, 6.07) is 5.20. The molecule has 0 aliphatic rings. The fourth-order valence-corrected chi connectivity index (χ4v) is 0.896. The molecule has 3 heteroatoms. The molecule has 0 aromatic heterocycles. The molecule has 0 atom stereocenters. The number of nitrogen functional groups attached to an aromatic ring is 2. The molecule has 0 saturated heterocycles. The molecule has 0 saturated carbocycles. The third kappa shape index (κ3) is 2.04. The highest BCUT2D eigenvalue weighted by Crippen LogP contribution is 2.19. The Kier molecular flexibility index (Phi) is 2.21. The number of nitrogens with two attached hydrogens (primary N) is 2. The third-order valence-electron chi connectivity index (χ3n) is 1.26. The van der Waals surface area contributed by atoms with E-state index in [1.54, 1.807) is 18.2 Å². The van der Waals surface area contributed by atoms with Gasteiger partial charge in [0.1, 0.15) is 5.75 Å². The van der Waals surface area contributed by atoms with E-state index in [1.165, 1.54) is 0 Å². The molecule has 60 valence electrons. The van der Waals surface area contributed by atoms with Gasteiger partial charge < -0.3 is 16.2 Å². The van der Waals surface area contributed by atoms with Gasteiger partial charge in [0, 0.05) is 23.5 Å². The number of anilines is 2. The summed E-state index contributed by atoms with van der Waals surface area (Å²) in [4.78, 5) is 0. The SMILES string of the molecule is CCOc1cc(N)cc(N)c1. The van der Waals surface area contributed by atoms with Gasteiger partial charge in [0.05, 0.1) is 6.61 Å². The lowest BCUT2D eigenvalue weighted by atomic mass is 10.3. The lowest BCUT2D eigenvalue weighted by molar-refractivity contribution is 0.340. The summed E-state index contributed by atoms with van der Waals surface area (Å²) in [6.07, 6.45) is 0. The van der Waals surface area contributed by atoms with E-state index in [-0.39, 0.29) is 0 Å². The number of hydrogen-bond acceptors (Lipinski definition) is 3. The van der Waals surface area contributed by atoms with E-state index in [4.69, 9.17) is 16.2 Å². The van der Waals surface area contributed by atoms with E-state index in [1.807, 2.05) is 6.92 Å². The lowest BCUT2D eigenvalue weighted by Gasteiger charge is -2.04. The topological polar surface area (TPSA) is 61.3 Å². The van der Waals surface area contributed by atoms with Crippen molar-refractivity contribution >= 4 is 11.4 Å². The molecule has 3 nitrogen and oxygen atoms in total. The maximum atomic E-state index is 5.53. The normalized spacial score (nSPS) is 9.55. The van der Waals surface area contributed by atoms with Gasteiger partial charge in [0.2, 0.25) is 0 Å². The highest BCUT2D eigenvalue weighted by atomic mass is 16.5. The fraction of sp³-hybridized carbons (Fsp3) is 0.250. The Morgan fingerprint density at radius 1 is 1.18 bits per heavy atom. The van der Waals surface area contributed by atoms with Crippen molar-refractivity contribution in [2.45, 2.75) is 6.92 Å². The average molecular weight is 152 g/mol. The van der Waals surface area contributed by atoms with Crippen molar-refractivity contribution in [2.24, 2.45) is 0 Å². The van der Waals surface area contributed by atoms with E-state index in [9.17, 15) is 0 Å². The highest BCUT2D eigenvalue weighted by Gasteiger charge is 1.94. The van der Waals surface area contributed by atoms with Gasteiger partial charge in [-0.05, 0) is 13.0 Å². The first-order valence-electron chi connectivity index (χ1n) is 3.51. The number of benzene rings is 1. The highest BCUT2D eigenvalue weighted by molar-refractivity contribution is 5.56. The molecule has 0 fully saturated rings. The van der Waals surface area contributed by atoms with Gasteiger partial charge in [-0.3, -0.25) is 0 Å². The Morgan fingerprint density at radius 3 is 2.18 bits per heavy atom. The molecule has 11 heavy (non-hydrogen) atoms. The molecule has 0 bridgehead atoms. The minimum absolute atomic E-state index is 0.628. The maximum Gasteiger partial charge on any atom is 0.123 e. The smallest absolute Gasteiger partial charge is 0.123 e. The van der Waals surface area contributed by atoms with Crippen molar-refractivity contribution in [1.82, 2.24) is 0 Å². The predicted molar refractivity (Wildman–Crippen MR) is 46.4 cm³/mol. The first-order chi connectivity index (χ1) is 5.22. The molecular weight excluding hydrogens is 140 g/mol. The van der Waals surface area contributed by atoms with Crippen LogP contribution in [0.15, 0.2) is 18.2 Å². The number of rotatable bonds is 2. The van der Waals surface area contributed by atoms with Crippen LogP contribution in [0, 0.1) is 0 Å². The molecule has 1 rings (SSSR count). The summed E-state index contributed by atoms with van der Waals surface area (Å²) < 4.78 is 5.21. The molecule has 1 aromatic carbocycles. The third-order valence-corrected chi connectivity index (χ3v) is 1.26. The van der Waals surface area contributed by atoms with E-state index < -0.39 is 0 Å². The minimum Gasteiger partial charge on any atom is -0.494 e. The van der Waals surface area contributed by atoms with Crippen molar-refractivity contribution < 1.29 is 4.74 Å². The second-order valence-electron chi connectivity index (χ2n) is 2.27. The van der Waals surface area contributed by atoms with Gasteiger partial charge in [0.15, 0.2) is 0 Å². The van der Waals surface area contributed by atoms with Crippen molar-refractivity contribution in [1.29, 1.82) is 0 Å². The molecule has 0 unspecified atom stereocenters. The molecule has 0 heterocycles. The zero-order valence-electron chi connectivity index (χ0n) is 6.50. The molecule has 0 radical (unpaired) electrons. The lowest BCUT2D eigenvalue weighted by Crippen LogP contribution is -1.95. The number of hydrogen-bond donors (Lipinski definition) is 2. The average Bonchev–Trinajstić information content (AvgIpc) is 1.85. The Morgan fingerprint density at radius 2 is 1.73 bits per heavy atom. The van der Waals surface area contributed by atoms with Crippen LogP contribution in [-0.2, 0) is 0 Å². The summed E-state index contributed by atoms with van der Waals surface area (Å²) in [5, 5.41) is 0. The van der Waals surface area contributed by atoms with E-state index in [2.05, 4.69) is 0 Å². The van der Waals surface area contributed by atoms with Crippen LogP contribution < -0.4 is 16.2 Å². The van der Waals surface area contributed by atoms with Crippen molar-refractivity contribution in [2.75, 3.05) is 18.1 Å². The van der Waals surface area contributed by atoms with Gasteiger partial charge in [-0.1, -0.05) is 0 Å².